The molecule has 92 valence electrons. The zero-order chi connectivity index (χ0) is 11.4. The van der Waals surface area contributed by atoms with Gasteiger partial charge in [-0.1, -0.05) is 13.3 Å². The zero-order valence-electron chi connectivity index (χ0n) is 10.00. The monoisotopic (exact) mass is 226 g/mol. The summed E-state index contributed by atoms with van der Waals surface area (Å²) in [6, 6.07) is 0.912. The molecule has 0 bridgehead atoms. The van der Waals surface area contributed by atoms with Crippen molar-refractivity contribution in [3.05, 3.63) is 0 Å². The fourth-order valence-corrected chi connectivity index (χ4v) is 2.29. The summed E-state index contributed by atoms with van der Waals surface area (Å²) in [4.78, 5) is 11.6. The van der Waals surface area contributed by atoms with Crippen molar-refractivity contribution in [2.45, 2.75) is 44.7 Å². The highest BCUT2D eigenvalue weighted by atomic mass is 16.5. The van der Waals surface area contributed by atoms with Crippen LogP contribution in [0, 0.1) is 5.92 Å². The van der Waals surface area contributed by atoms with E-state index in [1.165, 1.54) is 12.8 Å². The maximum absolute atomic E-state index is 11.6. The molecule has 1 heterocycles. The molecule has 1 aliphatic carbocycles. The lowest BCUT2D eigenvalue weighted by molar-refractivity contribution is -0.121. The van der Waals surface area contributed by atoms with Crippen LogP contribution in [0.25, 0.3) is 0 Å². The Labute approximate surface area is 97.1 Å². The molecule has 1 saturated heterocycles. The highest BCUT2D eigenvalue weighted by molar-refractivity contribution is 5.78. The Kier molecular flexibility index (Phi) is 4.18. The van der Waals surface area contributed by atoms with Gasteiger partial charge in [0, 0.05) is 25.3 Å². The molecule has 0 aromatic carbocycles. The second-order valence-corrected chi connectivity index (χ2v) is 4.85. The number of amides is 1. The Morgan fingerprint density at radius 3 is 2.75 bits per heavy atom. The summed E-state index contributed by atoms with van der Waals surface area (Å²) in [5.41, 5.74) is 0. The summed E-state index contributed by atoms with van der Waals surface area (Å²) in [6.07, 6.45) is 4.36. The van der Waals surface area contributed by atoms with E-state index in [9.17, 15) is 4.79 Å². The number of carbonyl (C=O) groups is 1. The van der Waals surface area contributed by atoms with E-state index in [0.29, 0.717) is 18.6 Å². The molecule has 0 aromatic heterocycles. The first-order valence-corrected chi connectivity index (χ1v) is 6.40. The van der Waals surface area contributed by atoms with Crippen LogP contribution in [0.3, 0.4) is 0 Å². The van der Waals surface area contributed by atoms with Gasteiger partial charge in [0.25, 0.3) is 0 Å². The maximum Gasteiger partial charge on any atom is 0.234 e. The third-order valence-electron chi connectivity index (χ3n) is 3.56. The molecule has 0 aromatic rings. The summed E-state index contributed by atoms with van der Waals surface area (Å²) in [6.45, 7) is 4.23. The predicted octanol–water partition coefficient (Wildman–Crippen LogP) is 0.670. The maximum atomic E-state index is 11.6. The highest BCUT2D eigenvalue weighted by Crippen LogP contribution is 2.32. The van der Waals surface area contributed by atoms with Crippen molar-refractivity contribution >= 4 is 5.91 Å². The molecular formula is C12H22N2O2. The van der Waals surface area contributed by atoms with Gasteiger partial charge in [-0.25, -0.2) is 0 Å². The standard InChI is InChI=1S/C12H22N2O2/c1-2-9-7-11(9)13-8-12(15)14-10-3-5-16-6-4-10/h9-11,13H,2-8H2,1H3,(H,14,15). The fourth-order valence-electron chi connectivity index (χ4n) is 2.29. The van der Waals surface area contributed by atoms with Crippen LogP contribution in [0.2, 0.25) is 0 Å². The van der Waals surface area contributed by atoms with Gasteiger partial charge >= 0.3 is 0 Å². The third-order valence-corrected chi connectivity index (χ3v) is 3.56. The Morgan fingerprint density at radius 1 is 1.38 bits per heavy atom. The van der Waals surface area contributed by atoms with Crippen molar-refractivity contribution in [2.24, 2.45) is 5.92 Å². The minimum absolute atomic E-state index is 0.133. The highest BCUT2D eigenvalue weighted by Gasteiger charge is 2.34. The Hall–Kier alpha value is -0.610. The quantitative estimate of drug-likeness (QED) is 0.724. The first-order chi connectivity index (χ1) is 7.79. The van der Waals surface area contributed by atoms with Crippen LogP contribution in [0.4, 0.5) is 0 Å². The summed E-state index contributed by atoms with van der Waals surface area (Å²) >= 11 is 0. The molecule has 1 aliphatic heterocycles. The van der Waals surface area contributed by atoms with Crippen LogP contribution in [-0.4, -0.2) is 37.7 Å². The van der Waals surface area contributed by atoms with Gasteiger partial charge in [-0.05, 0) is 25.2 Å². The van der Waals surface area contributed by atoms with Gasteiger partial charge in [0.15, 0.2) is 0 Å². The molecule has 2 atom stereocenters. The van der Waals surface area contributed by atoms with Crippen LogP contribution in [0.1, 0.15) is 32.6 Å². The van der Waals surface area contributed by atoms with Crippen molar-refractivity contribution in [3.8, 4) is 0 Å². The van der Waals surface area contributed by atoms with E-state index >= 15 is 0 Å². The molecule has 4 nitrogen and oxygen atoms in total. The first-order valence-electron chi connectivity index (χ1n) is 6.40. The summed E-state index contributed by atoms with van der Waals surface area (Å²) in [7, 11) is 0. The normalized spacial score (nSPS) is 30.1. The minimum Gasteiger partial charge on any atom is -0.381 e. The van der Waals surface area contributed by atoms with E-state index in [0.717, 1.165) is 32.0 Å². The Balaban J connectivity index is 1.57. The molecule has 2 fully saturated rings. The Morgan fingerprint density at radius 2 is 2.12 bits per heavy atom. The van der Waals surface area contributed by atoms with E-state index in [1.54, 1.807) is 0 Å². The van der Waals surface area contributed by atoms with Gasteiger partial charge in [0.2, 0.25) is 5.91 Å². The van der Waals surface area contributed by atoms with Gasteiger partial charge in [-0.3, -0.25) is 4.79 Å². The van der Waals surface area contributed by atoms with Crippen LogP contribution in [0.15, 0.2) is 0 Å². The number of carbonyl (C=O) groups excluding carboxylic acids is 1. The van der Waals surface area contributed by atoms with Crippen molar-refractivity contribution in [1.29, 1.82) is 0 Å². The average molecular weight is 226 g/mol. The predicted molar refractivity (Wildman–Crippen MR) is 62.2 cm³/mol. The second-order valence-electron chi connectivity index (χ2n) is 4.85. The summed E-state index contributed by atoms with van der Waals surface area (Å²) in [5.74, 6) is 0.935. The molecule has 0 radical (unpaired) electrons. The number of rotatable bonds is 5. The van der Waals surface area contributed by atoms with Crippen molar-refractivity contribution in [1.82, 2.24) is 10.6 Å². The van der Waals surface area contributed by atoms with Gasteiger partial charge < -0.3 is 15.4 Å². The summed E-state index contributed by atoms with van der Waals surface area (Å²) in [5, 5.41) is 6.36. The molecule has 1 saturated carbocycles. The topological polar surface area (TPSA) is 50.4 Å². The number of hydrogen-bond acceptors (Lipinski definition) is 3. The van der Waals surface area contributed by atoms with E-state index in [2.05, 4.69) is 17.6 Å². The van der Waals surface area contributed by atoms with Crippen LogP contribution >= 0.6 is 0 Å². The van der Waals surface area contributed by atoms with Crippen molar-refractivity contribution < 1.29 is 9.53 Å². The number of hydrogen-bond donors (Lipinski definition) is 2. The SMILES string of the molecule is CCC1CC1NCC(=O)NC1CCOCC1. The van der Waals surface area contributed by atoms with E-state index in [-0.39, 0.29) is 5.91 Å². The largest absolute Gasteiger partial charge is 0.381 e. The van der Waals surface area contributed by atoms with Crippen molar-refractivity contribution in [3.63, 3.8) is 0 Å². The average Bonchev–Trinajstić information content (AvgIpc) is 3.06. The van der Waals surface area contributed by atoms with Crippen LogP contribution in [0.5, 0.6) is 0 Å². The lowest BCUT2D eigenvalue weighted by Crippen LogP contribution is -2.43. The summed E-state index contributed by atoms with van der Waals surface area (Å²) < 4.78 is 5.25. The van der Waals surface area contributed by atoms with E-state index in [1.807, 2.05) is 0 Å². The zero-order valence-corrected chi connectivity index (χ0v) is 10.00. The molecule has 1 amide bonds. The molecule has 2 aliphatic rings. The van der Waals surface area contributed by atoms with Gasteiger partial charge in [-0.2, -0.15) is 0 Å². The van der Waals surface area contributed by atoms with Gasteiger partial charge in [-0.15, -0.1) is 0 Å². The fraction of sp³-hybridized carbons (Fsp3) is 0.917. The molecule has 16 heavy (non-hydrogen) atoms. The van der Waals surface area contributed by atoms with E-state index < -0.39 is 0 Å². The number of ether oxygens (including phenoxy) is 1. The smallest absolute Gasteiger partial charge is 0.234 e. The lowest BCUT2D eigenvalue weighted by Gasteiger charge is -2.23. The molecule has 0 spiro atoms. The molecular weight excluding hydrogens is 204 g/mol. The first kappa shape index (κ1) is 11.9. The molecule has 2 unspecified atom stereocenters. The van der Waals surface area contributed by atoms with E-state index in [4.69, 9.17) is 4.74 Å². The van der Waals surface area contributed by atoms with Gasteiger partial charge in [0.1, 0.15) is 0 Å². The minimum atomic E-state index is 0.133. The van der Waals surface area contributed by atoms with Gasteiger partial charge in [0.05, 0.1) is 6.54 Å². The molecule has 4 heteroatoms. The molecule has 2 rings (SSSR count). The second kappa shape index (κ2) is 5.64. The Bertz CT molecular complexity index is 239. The van der Waals surface area contributed by atoms with Crippen LogP contribution < -0.4 is 10.6 Å². The molecule has 2 N–H and O–H groups in total. The number of nitrogens with one attached hydrogen (secondary N) is 2. The third kappa shape index (κ3) is 3.46. The van der Waals surface area contributed by atoms with Crippen LogP contribution in [-0.2, 0) is 9.53 Å². The van der Waals surface area contributed by atoms with Crippen molar-refractivity contribution in [2.75, 3.05) is 19.8 Å². The lowest BCUT2D eigenvalue weighted by atomic mass is 10.1.